The van der Waals surface area contributed by atoms with Gasteiger partial charge in [-0.1, -0.05) is 0 Å². The van der Waals surface area contributed by atoms with Crippen LogP contribution in [0.2, 0.25) is 0 Å². The summed E-state index contributed by atoms with van der Waals surface area (Å²) in [7, 11) is 0. The largest absolute Gasteiger partial charge is 0.486 e. The Balaban J connectivity index is 2.03. The molecule has 0 unspecified atom stereocenters. The van der Waals surface area contributed by atoms with Gasteiger partial charge in [-0.3, -0.25) is 4.79 Å². The van der Waals surface area contributed by atoms with Gasteiger partial charge in [0, 0.05) is 12.6 Å². The number of benzene rings is 1. The van der Waals surface area contributed by atoms with Crippen LogP contribution in [-0.4, -0.2) is 24.6 Å². The van der Waals surface area contributed by atoms with Gasteiger partial charge in [0.2, 0.25) is 5.91 Å². The van der Waals surface area contributed by atoms with Crippen LogP contribution in [-0.2, 0) is 4.79 Å². The zero-order valence-electron chi connectivity index (χ0n) is 10.8. The van der Waals surface area contributed by atoms with E-state index in [0.717, 1.165) is 12.8 Å². The molecule has 0 bridgehead atoms. The highest BCUT2D eigenvalue weighted by molar-refractivity contribution is 5.99. The van der Waals surface area contributed by atoms with Gasteiger partial charge in [-0.15, -0.1) is 0 Å². The third-order valence-electron chi connectivity index (χ3n) is 3.72. The number of halogens is 1. The average Bonchev–Trinajstić information content (AvgIpc) is 3.20. The molecule has 1 aromatic carbocycles. The first-order chi connectivity index (χ1) is 9.06. The number of rotatable bonds is 2. The second-order valence-electron chi connectivity index (χ2n) is 5.35. The van der Waals surface area contributed by atoms with E-state index in [1.165, 1.54) is 12.1 Å². The SMILES string of the molecule is C[C@H]1Oc2ccc(F)cc2N(CC2CC2)C(=O)[C@H]1N. The van der Waals surface area contributed by atoms with E-state index in [1.54, 1.807) is 17.9 Å². The van der Waals surface area contributed by atoms with Crippen LogP contribution < -0.4 is 15.4 Å². The Hall–Kier alpha value is -1.62. The molecule has 1 aliphatic carbocycles. The van der Waals surface area contributed by atoms with Gasteiger partial charge in [-0.2, -0.15) is 0 Å². The predicted octanol–water partition coefficient (Wildman–Crippen LogP) is 1.68. The number of amides is 1. The minimum absolute atomic E-state index is 0.191. The first-order valence-electron chi connectivity index (χ1n) is 6.59. The minimum atomic E-state index is -0.714. The molecular weight excluding hydrogens is 247 g/mol. The van der Waals surface area contributed by atoms with Crippen LogP contribution >= 0.6 is 0 Å². The van der Waals surface area contributed by atoms with Gasteiger partial charge in [-0.25, -0.2) is 4.39 Å². The second-order valence-corrected chi connectivity index (χ2v) is 5.35. The summed E-state index contributed by atoms with van der Waals surface area (Å²) >= 11 is 0. The molecule has 3 rings (SSSR count). The molecule has 2 aliphatic rings. The number of nitrogens with zero attached hydrogens (tertiary/aromatic N) is 1. The maximum absolute atomic E-state index is 13.5. The second kappa shape index (κ2) is 4.49. The Kier molecular flexibility index (Phi) is 2.93. The van der Waals surface area contributed by atoms with Crippen molar-refractivity contribution in [3.8, 4) is 5.75 Å². The first kappa shape index (κ1) is 12.4. The van der Waals surface area contributed by atoms with Gasteiger partial charge >= 0.3 is 0 Å². The number of ether oxygens (including phenoxy) is 1. The van der Waals surface area contributed by atoms with Gasteiger partial charge in [0.1, 0.15) is 23.7 Å². The fraction of sp³-hybridized carbons (Fsp3) is 0.500. The lowest BCUT2D eigenvalue weighted by atomic mass is 10.1. The molecule has 0 radical (unpaired) electrons. The monoisotopic (exact) mass is 264 g/mol. The molecule has 1 aliphatic heterocycles. The molecule has 4 nitrogen and oxygen atoms in total. The van der Waals surface area contributed by atoms with Gasteiger partial charge in [0.05, 0.1) is 5.69 Å². The average molecular weight is 264 g/mol. The molecule has 2 N–H and O–H groups in total. The maximum Gasteiger partial charge on any atom is 0.247 e. The number of hydrogen-bond donors (Lipinski definition) is 1. The van der Waals surface area contributed by atoms with E-state index in [9.17, 15) is 9.18 Å². The van der Waals surface area contributed by atoms with Crippen molar-refractivity contribution in [2.75, 3.05) is 11.4 Å². The van der Waals surface area contributed by atoms with E-state index in [0.29, 0.717) is 23.9 Å². The smallest absolute Gasteiger partial charge is 0.247 e. The molecule has 2 atom stereocenters. The van der Waals surface area contributed by atoms with Crippen molar-refractivity contribution >= 4 is 11.6 Å². The van der Waals surface area contributed by atoms with Crippen LogP contribution in [0.4, 0.5) is 10.1 Å². The summed E-state index contributed by atoms with van der Waals surface area (Å²) in [6.45, 7) is 2.36. The van der Waals surface area contributed by atoms with Crippen molar-refractivity contribution in [3.63, 3.8) is 0 Å². The molecular formula is C14H17FN2O2. The van der Waals surface area contributed by atoms with Gasteiger partial charge < -0.3 is 15.4 Å². The zero-order chi connectivity index (χ0) is 13.6. The standard InChI is InChI=1S/C14H17FN2O2/c1-8-13(16)14(18)17(7-9-2-3-9)11-6-10(15)4-5-12(11)19-8/h4-6,8-9,13H,2-3,7,16H2,1H3/t8-,13+/m1/s1. The Bertz CT molecular complexity index is 516. The number of nitrogens with two attached hydrogens (primary N) is 1. The Morgan fingerprint density at radius 1 is 1.47 bits per heavy atom. The van der Waals surface area contributed by atoms with Gasteiger partial charge in [-0.05, 0) is 37.8 Å². The van der Waals surface area contributed by atoms with Gasteiger partial charge in [0.15, 0.2) is 0 Å². The van der Waals surface area contributed by atoms with Crippen molar-refractivity contribution in [2.24, 2.45) is 11.7 Å². The molecule has 1 amide bonds. The summed E-state index contributed by atoms with van der Waals surface area (Å²) in [5, 5.41) is 0. The summed E-state index contributed by atoms with van der Waals surface area (Å²) in [5.74, 6) is 0.458. The van der Waals surface area contributed by atoms with Crippen molar-refractivity contribution in [1.82, 2.24) is 0 Å². The lowest BCUT2D eigenvalue weighted by molar-refractivity contribution is -0.121. The Morgan fingerprint density at radius 2 is 2.21 bits per heavy atom. The van der Waals surface area contributed by atoms with E-state index in [2.05, 4.69) is 0 Å². The lowest BCUT2D eigenvalue weighted by Gasteiger charge is -2.23. The molecule has 1 aromatic rings. The molecule has 0 saturated heterocycles. The predicted molar refractivity (Wildman–Crippen MR) is 69.5 cm³/mol. The summed E-state index contributed by atoms with van der Waals surface area (Å²) in [6.07, 6.45) is 1.81. The molecule has 1 saturated carbocycles. The zero-order valence-corrected chi connectivity index (χ0v) is 10.8. The van der Waals surface area contributed by atoms with Crippen molar-refractivity contribution in [1.29, 1.82) is 0 Å². The number of carbonyl (C=O) groups excluding carboxylic acids is 1. The van der Waals surface area contributed by atoms with Crippen LogP contribution in [0, 0.1) is 11.7 Å². The van der Waals surface area contributed by atoms with Crippen molar-refractivity contribution < 1.29 is 13.9 Å². The number of anilines is 1. The first-order valence-corrected chi connectivity index (χ1v) is 6.59. The normalized spacial score (nSPS) is 26.7. The summed E-state index contributed by atoms with van der Waals surface area (Å²) in [5.41, 5.74) is 6.41. The number of fused-ring (bicyclic) bond motifs is 1. The summed E-state index contributed by atoms with van der Waals surface area (Å²) in [6, 6.07) is 3.53. The Morgan fingerprint density at radius 3 is 2.89 bits per heavy atom. The third kappa shape index (κ3) is 2.30. The molecule has 19 heavy (non-hydrogen) atoms. The maximum atomic E-state index is 13.5. The fourth-order valence-electron chi connectivity index (χ4n) is 2.32. The Labute approximate surface area is 111 Å². The molecule has 102 valence electrons. The van der Waals surface area contributed by atoms with Crippen LogP contribution in [0.5, 0.6) is 5.75 Å². The highest BCUT2D eigenvalue weighted by atomic mass is 19.1. The minimum Gasteiger partial charge on any atom is -0.486 e. The summed E-state index contributed by atoms with van der Waals surface area (Å²) in [4.78, 5) is 14.0. The molecule has 5 heteroatoms. The van der Waals surface area contributed by atoms with E-state index in [1.807, 2.05) is 0 Å². The van der Waals surface area contributed by atoms with Crippen LogP contribution in [0.3, 0.4) is 0 Å². The quantitative estimate of drug-likeness (QED) is 0.884. The molecule has 0 aromatic heterocycles. The van der Waals surface area contributed by atoms with Crippen LogP contribution in [0.15, 0.2) is 18.2 Å². The summed E-state index contributed by atoms with van der Waals surface area (Å²) < 4.78 is 19.1. The van der Waals surface area contributed by atoms with E-state index >= 15 is 0 Å². The fourth-order valence-corrected chi connectivity index (χ4v) is 2.32. The highest BCUT2D eigenvalue weighted by Crippen LogP contribution is 2.37. The van der Waals surface area contributed by atoms with Crippen LogP contribution in [0.25, 0.3) is 0 Å². The molecule has 1 fully saturated rings. The number of hydrogen-bond acceptors (Lipinski definition) is 3. The van der Waals surface area contributed by atoms with E-state index in [-0.39, 0.29) is 11.7 Å². The van der Waals surface area contributed by atoms with Crippen molar-refractivity contribution in [3.05, 3.63) is 24.0 Å². The highest BCUT2D eigenvalue weighted by Gasteiger charge is 2.36. The van der Waals surface area contributed by atoms with Crippen LogP contribution in [0.1, 0.15) is 19.8 Å². The van der Waals surface area contributed by atoms with Crippen molar-refractivity contribution in [2.45, 2.75) is 31.9 Å². The number of carbonyl (C=O) groups is 1. The topological polar surface area (TPSA) is 55.6 Å². The third-order valence-corrected chi connectivity index (χ3v) is 3.72. The van der Waals surface area contributed by atoms with Gasteiger partial charge in [0.25, 0.3) is 0 Å². The molecule has 1 heterocycles. The van der Waals surface area contributed by atoms with E-state index in [4.69, 9.17) is 10.5 Å². The molecule has 0 spiro atoms. The van der Waals surface area contributed by atoms with E-state index < -0.39 is 12.1 Å². The lowest BCUT2D eigenvalue weighted by Crippen LogP contribution is -2.49.